The molecule has 2 rings (SSSR count). The number of rotatable bonds is 1. The minimum absolute atomic E-state index is 0.156. The topological polar surface area (TPSA) is 49.2 Å². The van der Waals surface area contributed by atoms with Crippen LogP contribution in [-0.2, 0) is 5.21 Å². The summed E-state index contributed by atoms with van der Waals surface area (Å²) in [5.41, 5.74) is -0.966. The molecule has 1 aromatic rings. The van der Waals surface area contributed by atoms with Gasteiger partial charge in [0.05, 0.1) is 5.56 Å². The molecule has 1 heterocycles. The van der Waals surface area contributed by atoms with Crippen molar-refractivity contribution in [3.05, 3.63) is 37.9 Å². The molecular weight excluding hydrogens is 376 g/mol. The number of hydrogen-bond donors (Lipinski definition) is 0. The van der Waals surface area contributed by atoms with Crippen LogP contribution in [0.15, 0.2) is 27.1 Å². The van der Waals surface area contributed by atoms with Gasteiger partial charge >= 0.3 is 5.84 Å². The standard InChI is InChI=1S/C13H15Br2N2O2/c1-12(2)13(3,4)17(19)11(16(12)18)8-5-6-9(14)10(15)7-8/h5-7H,1-4H3. The molecule has 0 amide bonds. The van der Waals surface area contributed by atoms with Crippen LogP contribution in [0.1, 0.15) is 33.3 Å². The van der Waals surface area contributed by atoms with Crippen molar-refractivity contribution in [2.24, 2.45) is 0 Å². The van der Waals surface area contributed by atoms with Crippen LogP contribution in [0.3, 0.4) is 0 Å². The summed E-state index contributed by atoms with van der Waals surface area (Å²) in [4.78, 5) is 0. The van der Waals surface area contributed by atoms with E-state index in [4.69, 9.17) is 0 Å². The highest BCUT2D eigenvalue weighted by Crippen LogP contribution is 2.38. The van der Waals surface area contributed by atoms with E-state index in [1.54, 1.807) is 39.8 Å². The highest BCUT2D eigenvalue weighted by Gasteiger charge is 2.59. The van der Waals surface area contributed by atoms with E-state index >= 15 is 0 Å². The smallest absolute Gasteiger partial charge is 0.316 e. The van der Waals surface area contributed by atoms with E-state index in [2.05, 4.69) is 31.9 Å². The lowest BCUT2D eigenvalue weighted by atomic mass is 9.84. The summed E-state index contributed by atoms with van der Waals surface area (Å²) in [5, 5.41) is 25.7. The molecule has 0 saturated heterocycles. The molecule has 1 aliphatic heterocycles. The molecule has 19 heavy (non-hydrogen) atoms. The molecule has 0 saturated carbocycles. The Bertz CT molecular complexity index is 568. The lowest BCUT2D eigenvalue weighted by Crippen LogP contribution is -2.53. The summed E-state index contributed by atoms with van der Waals surface area (Å²) in [6, 6.07) is 5.34. The Labute approximate surface area is 129 Å². The molecule has 0 bridgehead atoms. The average molecular weight is 391 g/mol. The number of nitrogens with zero attached hydrogens (tertiary/aromatic N) is 2. The van der Waals surface area contributed by atoms with Crippen LogP contribution in [0, 0.1) is 5.21 Å². The Hall–Kier alpha value is -0.590. The largest absolute Gasteiger partial charge is 0.714 e. The highest BCUT2D eigenvalue weighted by atomic mass is 79.9. The molecule has 0 fully saturated rings. The van der Waals surface area contributed by atoms with E-state index in [1.807, 2.05) is 6.07 Å². The normalized spacial score (nSPS) is 21.1. The third-order valence-corrected chi connectivity index (χ3v) is 5.95. The van der Waals surface area contributed by atoms with Crippen molar-refractivity contribution in [1.29, 1.82) is 0 Å². The second-order valence-electron chi connectivity index (χ2n) is 5.66. The predicted octanol–water partition coefficient (Wildman–Crippen LogP) is 3.69. The first kappa shape index (κ1) is 14.8. The van der Waals surface area contributed by atoms with Gasteiger partial charge in [0.25, 0.3) is 0 Å². The molecule has 1 aliphatic rings. The van der Waals surface area contributed by atoms with Crippen LogP contribution in [0.4, 0.5) is 0 Å². The van der Waals surface area contributed by atoms with Crippen molar-refractivity contribution in [3.63, 3.8) is 0 Å². The molecule has 0 aromatic heterocycles. The van der Waals surface area contributed by atoms with Crippen LogP contribution in [-0.4, -0.2) is 26.7 Å². The molecule has 1 radical (unpaired) electrons. The van der Waals surface area contributed by atoms with Gasteiger partial charge in [0.15, 0.2) is 5.54 Å². The van der Waals surface area contributed by atoms with Gasteiger partial charge in [0, 0.05) is 14.2 Å². The Morgan fingerprint density at radius 3 is 2.16 bits per heavy atom. The van der Waals surface area contributed by atoms with Gasteiger partial charge in [0.2, 0.25) is 0 Å². The molecule has 0 unspecified atom stereocenters. The molecule has 0 atom stereocenters. The van der Waals surface area contributed by atoms with Crippen LogP contribution >= 0.6 is 31.9 Å². The van der Waals surface area contributed by atoms with E-state index in [0.717, 1.165) is 18.7 Å². The van der Waals surface area contributed by atoms with Crippen molar-refractivity contribution in [2.75, 3.05) is 0 Å². The molecule has 0 aliphatic carbocycles. The van der Waals surface area contributed by atoms with E-state index < -0.39 is 11.1 Å². The predicted molar refractivity (Wildman–Crippen MR) is 80.3 cm³/mol. The molecule has 4 nitrogen and oxygen atoms in total. The Morgan fingerprint density at radius 2 is 1.74 bits per heavy atom. The lowest BCUT2D eigenvalue weighted by Gasteiger charge is -2.32. The first-order chi connectivity index (χ1) is 8.60. The Kier molecular flexibility index (Phi) is 3.48. The second-order valence-corrected chi connectivity index (χ2v) is 7.37. The van der Waals surface area contributed by atoms with E-state index in [-0.39, 0.29) is 5.84 Å². The fourth-order valence-corrected chi connectivity index (χ4v) is 2.60. The number of hydrogen-bond acceptors (Lipinski definition) is 2. The van der Waals surface area contributed by atoms with Gasteiger partial charge in [-0.25, -0.2) is 0 Å². The fraction of sp³-hybridized carbons (Fsp3) is 0.462. The van der Waals surface area contributed by atoms with E-state index in [0.29, 0.717) is 5.56 Å². The maximum Gasteiger partial charge on any atom is 0.316 e. The summed E-state index contributed by atoms with van der Waals surface area (Å²) >= 11 is 6.76. The number of benzene rings is 1. The molecule has 6 heteroatoms. The van der Waals surface area contributed by atoms with Crippen molar-refractivity contribution in [2.45, 2.75) is 38.8 Å². The van der Waals surface area contributed by atoms with Crippen molar-refractivity contribution in [3.8, 4) is 0 Å². The summed E-state index contributed by atoms with van der Waals surface area (Å²) in [7, 11) is 0. The zero-order valence-corrected chi connectivity index (χ0v) is 14.4. The SMILES string of the molecule is CC1(C)N([O])C(c2ccc(Br)c(Br)c2)=[N+]([O-])C1(C)C. The van der Waals surface area contributed by atoms with Crippen molar-refractivity contribution >= 4 is 37.7 Å². The summed E-state index contributed by atoms with van der Waals surface area (Å²) in [6.45, 7) is 7.13. The van der Waals surface area contributed by atoms with E-state index in [1.165, 1.54) is 0 Å². The van der Waals surface area contributed by atoms with Crippen LogP contribution in [0.5, 0.6) is 0 Å². The number of hydroxylamine groups is 3. The second kappa shape index (κ2) is 4.46. The monoisotopic (exact) mass is 389 g/mol. The molecule has 1 aromatic carbocycles. The Balaban J connectivity index is 2.61. The van der Waals surface area contributed by atoms with Gasteiger partial charge in [0.1, 0.15) is 5.54 Å². The van der Waals surface area contributed by atoms with Gasteiger partial charge in [-0.1, -0.05) is 5.06 Å². The van der Waals surface area contributed by atoms with Gasteiger partial charge in [-0.15, -0.1) is 0 Å². The van der Waals surface area contributed by atoms with E-state index in [9.17, 15) is 10.4 Å². The van der Waals surface area contributed by atoms with Gasteiger partial charge in [-0.3, -0.25) is 4.74 Å². The summed E-state index contributed by atoms with van der Waals surface area (Å²) in [5.74, 6) is 0.156. The lowest BCUT2D eigenvalue weighted by molar-refractivity contribution is -0.539. The van der Waals surface area contributed by atoms with Crippen LogP contribution < -0.4 is 0 Å². The molecule has 0 spiro atoms. The van der Waals surface area contributed by atoms with Crippen molar-refractivity contribution in [1.82, 2.24) is 5.06 Å². The quantitative estimate of drug-likeness (QED) is 0.542. The third kappa shape index (κ3) is 2.00. The van der Waals surface area contributed by atoms with Gasteiger partial charge < -0.3 is 5.21 Å². The minimum atomic E-state index is -0.788. The number of amidine groups is 1. The maximum absolute atomic E-state index is 12.5. The van der Waals surface area contributed by atoms with Gasteiger partial charge in [-0.2, -0.15) is 0 Å². The number of halogens is 2. The third-order valence-electron chi connectivity index (χ3n) is 4.08. The Morgan fingerprint density at radius 1 is 1.16 bits per heavy atom. The van der Waals surface area contributed by atoms with Crippen LogP contribution in [0.25, 0.3) is 0 Å². The molecule has 103 valence electrons. The molecular formula is C13H15Br2N2O2. The summed E-state index contributed by atoms with van der Waals surface area (Å²) < 4.78 is 2.50. The van der Waals surface area contributed by atoms with Crippen LogP contribution in [0.2, 0.25) is 0 Å². The van der Waals surface area contributed by atoms with Gasteiger partial charge in [-0.05, 0) is 77.8 Å². The first-order valence-electron chi connectivity index (χ1n) is 5.88. The fourth-order valence-electron chi connectivity index (χ4n) is 1.98. The minimum Gasteiger partial charge on any atom is -0.714 e. The average Bonchev–Trinajstić information content (AvgIpc) is 2.43. The van der Waals surface area contributed by atoms with Crippen molar-refractivity contribution < 1.29 is 9.95 Å². The zero-order valence-electron chi connectivity index (χ0n) is 11.2. The highest BCUT2D eigenvalue weighted by molar-refractivity contribution is 9.13. The maximum atomic E-state index is 12.5. The molecule has 0 N–H and O–H groups in total. The summed E-state index contributed by atoms with van der Waals surface area (Å²) in [6.07, 6.45) is 0. The zero-order chi connectivity index (χ0) is 14.6. The first-order valence-corrected chi connectivity index (χ1v) is 7.46.